The van der Waals surface area contributed by atoms with Gasteiger partial charge in [-0.2, -0.15) is 4.90 Å². The van der Waals surface area contributed by atoms with Gasteiger partial charge in [0.2, 0.25) is 23.6 Å². The minimum absolute atomic E-state index is 0.0387. The summed E-state index contributed by atoms with van der Waals surface area (Å²) in [7, 11) is 2.46. The van der Waals surface area contributed by atoms with Crippen molar-refractivity contribution < 1.29 is 38.6 Å². The average Bonchev–Trinajstić information content (AvgIpc) is 3.46. The number of ether oxygens (including phenoxy) is 2. The van der Waals surface area contributed by atoms with Crippen molar-refractivity contribution in [2.75, 3.05) is 19.1 Å². The molecule has 10 nitrogen and oxygen atoms in total. The smallest absolute Gasteiger partial charge is 0.423 e. The Morgan fingerprint density at radius 1 is 0.915 bits per heavy atom. The lowest BCUT2D eigenvalue weighted by molar-refractivity contribution is -0.138. The first-order valence-electron chi connectivity index (χ1n) is 15.0. The Balaban J connectivity index is 1.52. The van der Waals surface area contributed by atoms with Gasteiger partial charge in [-0.05, 0) is 60.2 Å². The van der Waals surface area contributed by atoms with Gasteiger partial charge in [0.25, 0.3) is 0 Å². The Morgan fingerprint density at radius 3 is 2.34 bits per heavy atom. The molecule has 3 aromatic carbocycles. The lowest BCUT2D eigenvalue weighted by Crippen LogP contribution is -2.53. The minimum atomic E-state index is -1.55. The number of allylic oxidation sites excluding steroid dienone is 2. The van der Waals surface area contributed by atoms with E-state index in [0.29, 0.717) is 26.6 Å². The molecule has 1 N–H and O–H groups in total. The Hall–Kier alpha value is -4.67. The van der Waals surface area contributed by atoms with E-state index in [-0.39, 0.29) is 35.1 Å². The fourth-order valence-corrected chi connectivity index (χ4v) is 8.71. The molecule has 0 spiro atoms. The van der Waals surface area contributed by atoms with Crippen LogP contribution in [0.3, 0.4) is 0 Å². The quantitative estimate of drug-likeness (QED) is 0.278. The van der Waals surface area contributed by atoms with Crippen LogP contribution in [0.25, 0.3) is 0 Å². The first-order valence-corrected chi connectivity index (χ1v) is 15.7. The highest BCUT2D eigenvalue weighted by molar-refractivity contribution is 6.33. The van der Waals surface area contributed by atoms with Crippen molar-refractivity contribution in [3.05, 3.63) is 99.6 Å². The molecule has 1 saturated carbocycles. The first-order chi connectivity index (χ1) is 22.6. The summed E-state index contributed by atoms with van der Waals surface area (Å²) >= 11 is 12.9. The predicted octanol–water partition coefficient (Wildman–Crippen LogP) is 5.64. The topological polar surface area (TPSA) is 131 Å². The summed E-state index contributed by atoms with van der Waals surface area (Å²) in [6, 6.07) is 18.5. The predicted molar refractivity (Wildman–Crippen MR) is 170 cm³/mol. The van der Waals surface area contributed by atoms with Crippen LogP contribution in [0.2, 0.25) is 10.0 Å². The molecule has 4 aliphatic rings. The van der Waals surface area contributed by atoms with Crippen LogP contribution >= 0.6 is 23.2 Å². The van der Waals surface area contributed by atoms with Crippen molar-refractivity contribution in [3.63, 3.8) is 0 Å². The van der Waals surface area contributed by atoms with Crippen LogP contribution in [0, 0.1) is 23.7 Å². The van der Waals surface area contributed by atoms with Gasteiger partial charge >= 0.3 is 6.09 Å². The van der Waals surface area contributed by atoms with Crippen LogP contribution in [0.5, 0.6) is 11.5 Å². The molecular formula is C35H28Cl2N2O8. The SMILES string of the molecule is COC(=O)N1C(=O)C2CC=C3C(CC4C(=O)N(c5cccc(Cl)c5)C(=O)C4(c4ccccc4)C3c3cc(Cl)c(O)c(OC)c3)C2C1=O. The van der Waals surface area contributed by atoms with Gasteiger partial charge in [-0.3, -0.25) is 19.2 Å². The van der Waals surface area contributed by atoms with Gasteiger partial charge < -0.3 is 14.6 Å². The highest BCUT2D eigenvalue weighted by Crippen LogP contribution is 2.65. The number of aromatic hydroxyl groups is 1. The standard InChI is InChI=1S/C35H28Cl2N2O8/c1-46-26-14-17(13-25(37)29(26)40)28-21-11-12-22-27(32(43)39(30(22)41)34(45)47-2)23(21)16-24-31(42)38(20-10-6-9-19(36)15-20)33(44)35(24,28)18-7-4-3-5-8-18/h3-11,13-15,22-24,27-28,40H,12,16H2,1-2H3. The number of halogens is 2. The summed E-state index contributed by atoms with van der Waals surface area (Å²) in [5, 5.41) is 11.0. The maximum absolute atomic E-state index is 15.2. The van der Waals surface area contributed by atoms with E-state index in [1.54, 1.807) is 60.7 Å². The second-order valence-electron chi connectivity index (χ2n) is 12.1. The molecule has 12 heteroatoms. The van der Waals surface area contributed by atoms with E-state index in [0.717, 1.165) is 12.0 Å². The number of phenols is 1. The average molecular weight is 676 g/mol. The van der Waals surface area contributed by atoms with E-state index in [4.69, 9.17) is 32.7 Å². The molecule has 5 amide bonds. The van der Waals surface area contributed by atoms with Crippen molar-refractivity contribution >= 4 is 58.6 Å². The summed E-state index contributed by atoms with van der Waals surface area (Å²) in [4.78, 5) is 71.5. The zero-order valence-electron chi connectivity index (χ0n) is 25.2. The number of anilines is 1. The van der Waals surface area contributed by atoms with Gasteiger partial charge in [-0.25, -0.2) is 9.69 Å². The normalized spacial score (nSPS) is 28.1. The molecule has 6 unspecified atom stereocenters. The molecule has 2 aliphatic carbocycles. The monoisotopic (exact) mass is 674 g/mol. The number of phenolic OH excluding ortho intramolecular Hbond substituents is 1. The number of methoxy groups -OCH3 is 2. The summed E-state index contributed by atoms with van der Waals surface area (Å²) in [6.07, 6.45) is 0.924. The number of carbonyl (C=O) groups is 5. The van der Waals surface area contributed by atoms with Crippen molar-refractivity contribution in [3.8, 4) is 11.5 Å². The maximum atomic E-state index is 15.2. The molecule has 7 rings (SSSR count). The number of amides is 5. The summed E-state index contributed by atoms with van der Waals surface area (Å²) in [6.45, 7) is 0. The lowest BCUT2D eigenvalue weighted by atomic mass is 9.49. The van der Waals surface area contributed by atoms with Crippen molar-refractivity contribution in [1.29, 1.82) is 0 Å². The van der Waals surface area contributed by atoms with Crippen LogP contribution < -0.4 is 9.64 Å². The zero-order chi connectivity index (χ0) is 33.4. The van der Waals surface area contributed by atoms with Crippen LogP contribution in [0.4, 0.5) is 10.5 Å². The number of hydrogen-bond donors (Lipinski definition) is 1. The summed E-state index contributed by atoms with van der Waals surface area (Å²) in [5.41, 5.74) is 0.416. The van der Waals surface area contributed by atoms with Gasteiger partial charge in [0.15, 0.2) is 11.5 Å². The van der Waals surface area contributed by atoms with E-state index in [1.807, 2.05) is 6.08 Å². The Labute approximate surface area is 279 Å². The highest BCUT2D eigenvalue weighted by Gasteiger charge is 2.70. The molecule has 2 aliphatic heterocycles. The Bertz CT molecular complexity index is 1910. The third-order valence-electron chi connectivity index (χ3n) is 10.1. The van der Waals surface area contributed by atoms with E-state index < -0.39 is 64.7 Å². The highest BCUT2D eigenvalue weighted by atomic mass is 35.5. The Kier molecular flexibility index (Phi) is 7.40. The number of rotatable bonds is 4. The second-order valence-corrected chi connectivity index (χ2v) is 13.0. The Morgan fingerprint density at radius 2 is 1.66 bits per heavy atom. The molecule has 3 fully saturated rings. The number of carbonyl (C=O) groups excluding carboxylic acids is 5. The van der Waals surface area contributed by atoms with Gasteiger partial charge in [0.05, 0.1) is 48.1 Å². The van der Waals surface area contributed by atoms with Gasteiger partial charge in [-0.1, -0.05) is 71.2 Å². The number of nitrogens with zero attached hydrogens (tertiary/aromatic N) is 2. The van der Waals surface area contributed by atoms with Crippen LogP contribution in [-0.4, -0.2) is 53.9 Å². The van der Waals surface area contributed by atoms with E-state index in [1.165, 1.54) is 13.2 Å². The molecule has 0 bridgehead atoms. The molecule has 6 atom stereocenters. The summed E-state index contributed by atoms with van der Waals surface area (Å²) < 4.78 is 10.2. The van der Waals surface area contributed by atoms with Crippen molar-refractivity contribution in [2.45, 2.75) is 24.2 Å². The molecular weight excluding hydrogens is 647 g/mol. The molecule has 3 aromatic rings. The molecule has 240 valence electrons. The number of benzene rings is 3. The summed E-state index contributed by atoms with van der Waals surface area (Å²) in [5.74, 6) is -7.07. The van der Waals surface area contributed by atoms with Gasteiger partial charge in [0, 0.05) is 10.9 Å². The zero-order valence-corrected chi connectivity index (χ0v) is 26.7. The van der Waals surface area contributed by atoms with E-state index >= 15 is 4.79 Å². The van der Waals surface area contributed by atoms with E-state index in [9.17, 15) is 24.3 Å². The molecule has 2 saturated heterocycles. The molecule has 2 heterocycles. The molecule has 47 heavy (non-hydrogen) atoms. The lowest BCUT2D eigenvalue weighted by Gasteiger charge is -2.50. The van der Waals surface area contributed by atoms with Crippen LogP contribution in [0.15, 0.2) is 78.4 Å². The fourth-order valence-electron chi connectivity index (χ4n) is 8.31. The largest absolute Gasteiger partial charge is 0.503 e. The first kappa shape index (κ1) is 31.0. The molecule has 0 radical (unpaired) electrons. The minimum Gasteiger partial charge on any atom is -0.503 e. The van der Waals surface area contributed by atoms with Crippen LogP contribution in [0.1, 0.15) is 29.9 Å². The third kappa shape index (κ3) is 4.27. The number of likely N-dealkylation sites (tertiary alicyclic amines) is 1. The fraction of sp³-hybridized carbons (Fsp3) is 0.286. The van der Waals surface area contributed by atoms with Gasteiger partial charge in [-0.15, -0.1) is 0 Å². The molecule has 0 aromatic heterocycles. The number of fused-ring (bicyclic) bond motifs is 4. The number of imide groups is 4. The third-order valence-corrected chi connectivity index (χ3v) is 10.7. The van der Waals surface area contributed by atoms with Crippen molar-refractivity contribution in [2.24, 2.45) is 23.7 Å². The maximum Gasteiger partial charge on any atom is 0.423 e. The van der Waals surface area contributed by atoms with Gasteiger partial charge in [0.1, 0.15) is 0 Å². The van der Waals surface area contributed by atoms with Crippen LogP contribution in [-0.2, 0) is 29.3 Å². The van der Waals surface area contributed by atoms with E-state index in [2.05, 4.69) is 0 Å². The second kappa shape index (κ2) is 11.2. The number of hydrogen-bond acceptors (Lipinski definition) is 8. The van der Waals surface area contributed by atoms with Crippen molar-refractivity contribution in [1.82, 2.24) is 4.90 Å².